The lowest BCUT2D eigenvalue weighted by atomic mass is 9.72. The van der Waals surface area contributed by atoms with Crippen molar-refractivity contribution in [3.05, 3.63) is 54.4 Å². The molecule has 2 atom stereocenters. The van der Waals surface area contributed by atoms with E-state index in [0.717, 1.165) is 32.1 Å². The van der Waals surface area contributed by atoms with E-state index >= 15 is 0 Å². The van der Waals surface area contributed by atoms with Crippen LogP contribution in [0.25, 0.3) is 0 Å². The molecular formula is C22H27NO5S. The smallest absolute Gasteiger partial charge is 0.330 e. The number of hydrogen-bond donors (Lipinski definition) is 1. The Kier molecular flexibility index (Phi) is 6.27. The van der Waals surface area contributed by atoms with Crippen molar-refractivity contribution in [2.45, 2.75) is 48.7 Å². The van der Waals surface area contributed by atoms with Gasteiger partial charge in [0.05, 0.1) is 12.0 Å². The number of carboxylic acid groups (broad SMARTS) is 1. The van der Waals surface area contributed by atoms with E-state index in [9.17, 15) is 18.3 Å². The highest BCUT2D eigenvalue weighted by molar-refractivity contribution is 7.93. The van der Waals surface area contributed by atoms with Crippen LogP contribution in [0.5, 0.6) is 5.75 Å². The molecule has 6 nitrogen and oxygen atoms in total. The monoisotopic (exact) mass is 417 g/mol. The zero-order valence-corrected chi connectivity index (χ0v) is 17.6. The Hall–Kier alpha value is -2.41. The molecule has 1 saturated carbocycles. The number of pyridine rings is 1. The number of hydrogen-bond acceptors (Lipinski definition) is 5. The summed E-state index contributed by atoms with van der Waals surface area (Å²) in [5.41, 5.74) is 0.196. The maximum atomic E-state index is 13.9. The highest BCUT2D eigenvalue weighted by Crippen LogP contribution is 2.48. The number of methoxy groups -OCH3 is 1. The van der Waals surface area contributed by atoms with Crippen molar-refractivity contribution in [2.24, 2.45) is 11.8 Å². The van der Waals surface area contributed by atoms with Crippen molar-refractivity contribution in [2.75, 3.05) is 7.11 Å². The number of aliphatic carboxylic acids is 1. The van der Waals surface area contributed by atoms with Gasteiger partial charge in [-0.3, -0.25) is 9.78 Å². The Morgan fingerprint density at radius 2 is 1.83 bits per heavy atom. The van der Waals surface area contributed by atoms with Crippen LogP contribution in [0.2, 0.25) is 0 Å². The molecular weight excluding hydrogens is 390 g/mol. The third-order valence-electron chi connectivity index (χ3n) is 6.20. The minimum Gasteiger partial charge on any atom is -0.497 e. The van der Waals surface area contributed by atoms with Gasteiger partial charge in [0.2, 0.25) is 4.75 Å². The van der Waals surface area contributed by atoms with Crippen LogP contribution in [0, 0.1) is 11.8 Å². The summed E-state index contributed by atoms with van der Waals surface area (Å²) in [6.45, 7) is 1.76. The number of rotatable bonds is 7. The van der Waals surface area contributed by atoms with Crippen molar-refractivity contribution >= 4 is 15.8 Å². The summed E-state index contributed by atoms with van der Waals surface area (Å²) < 4.78 is 30.9. The molecule has 29 heavy (non-hydrogen) atoms. The quantitative estimate of drug-likeness (QED) is 0.730. The average Bonchev–Trinajstić information content (AvgIpc) is 2.75. The molecule has 156 valence electrons. The molecule has 1 heterocycles. The predicted octanol–water partition coefficient (Wildman–Crippen LogP) is 4.06. The van der Waals surface area contributed by atoms with Crippen LogP contribution >= 0.6 is 0 Å². The molecule has 1 aromatic carbocycles. The van der Waals surface area contributed by atoms with Gasteiger partial charge >= 0.3 is 5.97 Å². The summed E-state index contributed by atoms with van der Waals surface area (Å²) in [5.74, 6) is -1.46. The summed E-state index contributed by atoms with van der Waals surface area (Å²) in [6, 6.07) is 9.04. The van der Waals surface area contributed by atoms with Crippen LogP contribution in [0.15, 0.2) is 53.7 Å². The highest BCUT2D eigenvalue weighted by atomic mass is 32.2. The molecule has 2 aromatic rings. The molecule has 0 bridgehead atoms. The first-order valence-electron chi connectivity index (χ1n) is 9.88. The van der Waals surface area contributed by atoms with E-state index in [1.54, 1.807) is 19.1 Å². The van der Waals surface area contributed by atoms with Crippen LogP contribution in [-0.4, -0.2) is 31.6 Å². The number of sulfone groups is 1. The van der Waals surface area contributed by atoms with Gasteiger partial charge in [0.1, 0.15) is 5.75 Å². The molecule has 0 spiro atoms. The molecule has 0 aliphatic heterocycles. The Balaban J connectivity index is 2.24. The maximum Gasteiger partial charge on any atom is 0.330 e. The average molecular weight is 418 g/mol. The van der Waals surface area contributed by atoms with Crippen LogP contribution in [0.1, 0.15) is 44.6 Å². The first-order valence-corrected chi connectivity index (χ1v) is 11.4. The molecule has 2 unspecified atom stereocenters. The van der Waals surface area contributed by atoms with Gasteiger partial charge in [-0.05, 0) is 42.2 Å². The van der Waals surface area contributed by atoms with Crippen LogP contribution in [0.3, 0.4) is 0 Å². The summed E-state index contributed by atoms with van der Waals surface area (Å²) >= 11 is 0. The van der Waals surface area contributed by atoms with Gasteiger partial charge in [-0.2, -0.15) is 0 Å². The lowest BCUT2D eigenvalue weighted by Crippen LogP contribution is -2.51. The van der Waals surface area contributed by atoms with Gasteiger partial charge in [-0.25, -0.2) is 8.42 Å². The Labute approximate surface area is 171 Å². The minimum atomic E-state index is -4.28. The molecule has 1 aromatic heterocycles. The fourth-order valence-corrected chi connectivity index (χ4v) is 6.79. The molecule has 1 fully saturated rings. The Bertz CT molecular complexity index is 937. The molecule has 3 rings (SSSR count). The van der Waals surface area contributed by atoms with Gasteiger partial charge in [0, 0.05) is 18.0 Å². The Morgan fingerprint density at radius 1 is 1.17 bits per heavy atom. The van der Waals surface area contributed by atoms with Gasteiger partial charge < -0.3 is 9.84 Å². The van der Waals surface area contributed by atoms with Crippen molar-refractivity contribution < 1.29 is 23.1 Å². The normalized spacial score (nSPS) is 18.6. The Morgan fingerprint density at radius 3 is 2.34 bits per heavy atom. The number of ether oxygens (including phenoxy) is 1. The summed E-state index contributed by atoms with van der Waals surface area (Å²) in [5, 5.41) is 10.4. The van der Waals surface area contributed by atoms with Crippen LogP contribution in [-0.2, 0) is 19.4 Å². The van der Waals surface area contributed by atoms with Crippen molar-refractivity contribution in [3.8, 4) is 5.75 Å². The van der Waals surface area contributed by atoms with E-state index in [0.29, 0.717) is 5.75 Å². The summed E-state index contributed by atoms with van der Waals surface area (Å²) in [7, 11) is -2.79. The van der Waals surface area contributed by atoms with Gasteiger partial charge in [-0.15, -0.1) is 0 Å². The molecule has 1 N–H and O–H groups in total. The van der Waals surface area contributed by atoms with E-state index < -0.39 is 26.5 Å². The second-order valence-corrected chi connectivity index (χ2v) is 9.77. The zero-order chi connectivity index (χ0) is 21.1. The van der Waals surface area contributed by atoms with Crippen molar-refractivity contribution in [1.82, 2.24) is 4.98 Å². The molecule has 7 heteroatoms. The molecule has 0 radical (unpaired) electrons. The lowest BCUT2D eigenvalue weighted by Gasteiger charge is -2.40. The third kappa shape index (κ3) is 3.64. The van der Waals surface area contributed by atoms with Gasteiger partial charge in [0.15, 0.2) is 9.84 Å². The topological polar surface area (TPSA) is 93.6 Å². The first kappa shape index (κ1) is 21.3. The van der Waals surface area contributed by atoms with Crippen molar-refractivity contribution in [3.63, 3.8) is 0 Å². The molecule has 1 aliphatic carbocycles. The van der Waals surface area contributed by atoms with Crippen molar-refractivity contribution in [1.29, 1.82) is 0 Å². The largest absolute Gasteiger partial charge is 0.497 e. The number of nitrogens with zero attached hydrogens (tertiary/aromatic N) is 1. The molecule has 0 amide bonds. The standard InChI is InChI=1S/C22H27NO5S/c1-16(17-7-4-3-5-8-17)22(21(24)25,18-9-6-14-23-15-18)29(26,27)20-12-10-19(28-2)11-13-20/h6,9-17H,3-5,7-8H2,1-2H3,(H,24,25). The van der Waals surface area contributed by atoms with Gasteiger partial charge in [-0.1, -0.05) is 45.1 Å². The highest BCUT2D eigenvalue weighted by Gasteiger charge is 2.59. The van der Waals surface area contributed by atoms with E-state index in [2.05, 4.69) is 4.98 Å². The molecule has 1 aliphatic rings. The number of carbonyl (C=O) groups is 1. The minimum absolute atomic E-state index is 0.00748. The summed E-state index contributed by atoms with van der Waals surface area (Å²) in [4.78, 5) is 16.8. The predicted molar refractivity (Wildman–Crippen MR) is 109 cm³/mol. The number of aromatic nitrogens is 1. The van der Waals surface area contributed by atoms with E-state index in [-0.39, 0.29) is 16.4 Å². The van der Waals surface area contributed by atoms with E-state index in [1.807, 2.05) is 0 Å². The third-order valence-corrected chi connectivity index (χ3v) is 8.72. The maximum absolute atomic E-state index is 13.9. The lowest BCUT2D eigenvalue weighted by molar-refractivity contribution is -0.142. The van der Waals surface area contributed by atoms with Crippen LogP contribution < -0.4 is 4.74 Å². The number of carboxylic acids is 1. The van der Waals surface area contributed by atoms with Crippen LogP contribution in [0.4, 0.5) is 0 Å². The zero-order valence-electron chi connectivity index (χ0n) is 16.7. The summed E-state index contributed by atoms with van der Waals surface area (Å²) in [6.07, 6.45) is 7.61. The fourth-order valence-electron chi connectivity index (χ4n) is 4.59. The van der Waals surface area contributed by atoms with E-state index in [1.165, 1.54) is 43.8 Å². The second-order valence-electron chi connectivity index (χ2n) is 7.65. The fraction of sp³-hybridized carbons (Fsp3) is 0.455. The second kappa shape index (κ2) is 8.53. The van der Waals surface area contributed by atoms with E-state index in [4.69, 9.17) is 4.74 Å². The SMILES string of the molecule is COc1ccc(S(=O)(=O)C(C(=O)O)(c2cccnc2)C(C)C2CCCCC2)cc1. The number of benzene rings is 1. The first-order chi connectivity index (χ1) is 13.9. The van der Waals surface area contributed by atoms with Gasteiger partial charge in [0.25, 0.3) is 0 Å². The molecule has 0 saturated heterocycles.